The molecule has 0 aliphatic rings. The molecular formula is C21H19F3N2O3. The number of hydrogen-bond acceptors (Lipinski definition) is 3. The first-order valence-electron chi connectivity index (χ1n) is 8.94. The van der Waals surface area contributed by atoms with E-state index in [1.54, 1.807) is 42.5 Å². The predicted molar refractivity (Wildman–Crippen MR) is 103 cm³/mol. The van der Waals surface area contributed by atoms with Crippen molar-refractivity contribution in [3.05, 3.63) is 59.8 Å². The number of rotatable bonds is 6. The average molecular weight is 404 g/mol. The molecule has 8 heteroatoms. The zero-order valence-electron chi connectivity index (χ0n) is 15.8. The molecule has 3 rings (SSSR count). The number of benzene rings is 2. The highest BCUT2D eigenvalue weighted by atomic mass is 19.4. The van der Waals surface area contributed by atoms with E-state index in [2.05, 4.69) is 5.32 Å². The van der Waals surface area contributed by atoms with Gasteiger partial charge in [-0.15, -0.1) is 0 Å². The van der Waals surface area contributed by atoms with Gasteiger partial charge in [-0.25, -0.2) is 0 Å². The Bertz CT molecular complexity index is 1050. The van der Waals surface area contributed by atoms with Gasteiger partial charge in [0.1, 0.15) is 12.3 Å². The SMILES string of the molecule is CCOc1ccc(NC(=O)Cn2c(C)c(C(=O)C(F)(F)F)c3ccccc32)cc1. The first-order chi connectivity index (χ1) is 13.7. The lowest BCUT2D eigenvalue weighted by Crippen LogP contribution is -2.24. The van der Waals surface area contributed by atoms with Crippen molar-refractivity contribution in [2.75, 3.05) is 11.9 Å². The van der Waals surface area contributed by atoms with Crippen LogP contribution in [-0.2, 0) is 11.3 Å². The maximum absolute atomic E-state index is 13.0. The Balaban J connectivity index is 1.89. The minimum atomic E-state index is -5.00. The Morgan fingerprint density at radius 1 is 1.07 bits per heavy atom. The maximum atomic E-state index is 13.0. The van der Waals surface area contributed by atoms with Crippen molar-refractivity contribution in [1.29, 1.82) is 0 Å². The van der Waals surface area contributed by atoms with E-state index in [4.69, 9.17) is 4.74 Å². The zero-order valence-corrected chi connectivity index (χ0v) is 15.8. The molecule has 2 aromatic carbocycles. The predicted octanol–water partition coefficient (Wildman–Crippen LogP) is 4.73. The molecule has 0 radical (unpaired) electrons. The number of fused-ring (bicyclic) bond motifs is 1. The fraction of sp³-hybridized carbons (Fsp3) is 0.238. The van der Waals surface area contributed by atoms with E-state index in [-0.39, 0.29) is 17.6 Å². The number of aromatic nitrogens is 1. The first kappa shape index (κ1) is 20.4. The number of carbonyl (C=O) groups excluding carboxylic acids is 2. The third-order valence-corrected chi connectivity index (χ3v) is 4.47. The lowest BCUT2D eigenvalue weighted by atomic mass is 10.1. The van der Waals surface area contributed by atoms with Gasteiger partial charge >= 0.3 is 6.18 Å². The molecule has 1 amide bonds. The van der Waals surface area contributed by atoms with Gasteiger partial charge in [0.15, 0.2) is 0 Å². The van der Waals surface area contributed by atoms with Crippen LogP contribution < -0.4 is 10.1 Å². The summed E-state index contributed by atoms with van der Waals surface area (Å²) in [4.78, 5) is 24.4. The molecule has 152 valence electrons. The highest BCUT2D eigenvalue weighted by Crippen LogP contribution is 2.31. The number of nitrogens with one attached hydrogen (secondary N) is 1. The van der Waals surface area contributed by atoms with Crippen molar-refractivity contribution in [2.24, 2.45) is 0 Å². The minimum Gasteiger partial charge on any atom is -0.494 e. The molecule has 3 aromatic rings. The van der Waals surface area contributed by atoms with E-state index in [1.807, 2.05) is 6.92 Å². The fourth-order valence-electron chi connectivity index (χ4n) is 3.21. The average Bonchev–Trinajstić information content (AvgIpc) is 2.94. The summed E-state index contributed by atoms with van der Waals surface area (Å²) >= 11 is 0. The van der Waals surface area contributed by atoms with Gasteiger partial charge in [0.2, 0.25) is 5.91 Å². The lowest BCUT2D eigenvalue weighted by molar-refractivity contribution is -0.116. The second-order valence-corrected chi connectivity index (χ2v) is 6.40. The van der Waals surface area contributed by atoms with E-state index in [0.29, 0.717) is 23.6 Å². The van der Waals surface area contributed by atoms with Crippen LogP contribution in [0.15, 0.2) is 48.5 Å². The van der Waals surface area contributed by atoms with Crippen molar-refractivity contribution in [3.63, 3.8) is 0 Å². The number of halogens is 3. The molecule has 1 heterocycles. The van der Waals surface area contributed by atoms with Crippen LogP contribution in [0.2, 0.25) is 0 Å². The Labute approximate surface area is 165 Å². The van der Waals surface area contributed by atoms with Gasteiger partial charge in [-0.05, 0) is 44.2 Å². The smallest absolute Gasteiger partial charge is 0.454 e. The second-order valence-electron chi connectivity index (χ2n) is 6.40. The van der Waals surface area contributed by atoms with Gasteiger partial charge in [0.25, 0.3) is 5.78 Å². The summed E-state index contributed by atoms with van der Waals surface area (Å²) in [6.07, 6.45) is -5.00. The van der Waals surface area contributed by atoms with Crippen LogP contribution in [0.1, 0.15) is 23.0 Å². The van der Waals surface area contributed by atoms with Crippen LogP contribution in [0.5, 0.6) is 5.75 Å². The van der Waals surface area contributed by atoms with Crippen LogP contribution in [0.25, 0.3) is 10.9 Å². The van der Waals surface area contributed by atoms with Crippen molar-refractivity contribution in [3.8, 4) is 5.75 Å². The monoisotopic (exact) mass is 404 g/mol. The van der Waals surface area contributed by atoms with Crippen molar-refractivity contribution < 1.29 is 27.5 Å². The van der Waals surface area contributed by atoms with Crippen LogP contribution >= 0.6 is 0 Å². The molecule has 0 fully saturated rings. The molecule has 0 atom stereocenters. The van der Waals surface area contributed by atoms with Gasteiger partial charge in [0.05, 0.1) is 12.2 Å². The summed E-state index contributed by atoms with van der Waals surface area (Å²) in [5.74, 6) is -1.69. The maximum Gasteiger partial charge on any atom is 0.454 e. The fourth-order valence-corrected chi connectivity index (χ4v) is 3.21. The summed E-state index contributed by atoms with van der Waals surface area (Å²) < 4.78 is 45.9. The molecule has 1 N–H and O–H groups in total. The van der Waals surface area contributed by atoms with Crippen LogP contribution in [-0.4, -0.2) is 29.0 Å². The number of hydrogen-bond donors (Lipinski definition) is 1. The Morgan fingerprint density at radius 3 is 2.34 bits per heavy atom. The van der Waals surface area contributed by atoms with Gasteiger partial charge < -0.3 is 14.6 Å². The van der Waals surface area contributed by atoms with Crippen molar-refractivity contribution in [2.45, 2.75) is 26.6 Å². The number of Topliss-reactive ketones (excluding diaryl/α,β-unsaturated/α-hetero) is 1. The molecule has 1 aromatic heterocycles. The summed E-state index contributed by atoms with van der Waals surface area (Å²) in [5, 5.41) is 2.87. The van der Waals surface area contributed by atoms with E-state index in [1.165, 1.54) is 17.6 Å². The molecule has 29 heavy (non-hydrogen) atoms. The van der Waals surface area contributed by atoms with E-state index in [0.717, 1.165) is 0 Å². The Morgan fingerprint density at radius 2 is 1.72 bits per heavy atom. The molecular weight excluding hydrogens is 385 g/mol. The van der Waals surface area contributed by atoms with Gasteiger partial charge in [0, 0.05) is 22.3 Å². The van der Waals surface area contributed by atoms with Gasteiger partial charge in [-0.1, -0.05) is 18.2 Å². The number of nitrogens with zero attached hydrogens (tertiary/aromatic N) is 1. The third kappa shape index (κ3) is 4.26. The number of ether oxygens (including phenoxy) is 1. The number of amides is 1. The molecule has 0 aliphatic heterocycles. The largest absolute Gasteiger partial charge is 0.494 e. The normalized spacial score (nSPS) is 11.5. The highest BCUT2D eigenvalue weighted by Gasteiger charge is 2.42. The minimum absolute atomic E-state index is 0.0929. The molecule has 0 bridgehead atoms. The molecule has 0 spiro atoms. The van der Waals surface area contributed by atoms with E-state index in [9.17, 15) is 22.8 Å². The Kier molecular flexibility index (Phi) is 5.63. The summed E-state index contributed by atoms with van der Waals surface area (Å²) in [6, 6.07) is 13.0. The summed E-state index contributed by atoms with van der Waals surface area (Å²) in [5.41, 5.74) is 0.580. The number of anilines is 1. The third-order valence-electron chi connectivity index (χ3n) is 4.47. The van der Waals surface area contributed by atoms with Crippen molar-refractivity contribution >= 4 is 28.3 Å². The number of carbonyl (C=O) groups is 2. The second kappa shape index (κ2) is 7.98. The molecule has 0 saturated heterocycles. The molecule has 0 saturated carbocycles. The van der Waals surface area contributed by atoms with Gasteiger partial charge in [-0.3, -0.25) is 9.59 Å². The number of ketones is 1. The topological polar surface area (TPSA) is 60.3 Å². The summed E-state index contributed by atoms with van der Waals surface area (Å²) in [6.45, 7) is 3.55. The number of alkyl halides is 3. The molecule has 0 unspecified atom stereocenters. The standard InChI is InChI=1S/C21H19F3N2O3/c1-3-29-15-10-8-14(9-11-15)25-18(27)12-26-13(2)19(20(28)21(22,23)24)16-6-4-5-7-17(16)26/h4-11H,3,12H2,1-2H3,(H,25,27). The first-order valence-corrected chi connectivity index (χ1v) is 8.94. The van der Waals surface area contributed by atoms with Gasteiger partial charge in [-0.2, -0.15) is 13.2 Å². The number of para-hydroxylation sites is 1. The van der Waals surface area contributed by atoms with E-state index < -0.39 is 23.4 Å². The zero-order chi connectivity index (χ0) is 21.2. The van der Waals surface area contributed by atoms with Crippen molar-refractivity contribution in [1.82, 2.24) is 4.57 Å². The lowest BCUT2D eigenvalue weighted by Gasteiger charge is -2.11. The van der Waals surface area contributed by atoms with Crippen LogP contribution in [0.3, 0.4) is 0 Å². The van der Waals surface area contributed by atoms with E-state index >= 15 is 0 Å². The quantitative estimate of drug-likeness (QED) is 0.604. The highest BCUT2D eigenvalue weighted by molar-refractivity contribution is 6.12. The summed E-state index contributed by atoms with van der Waals surface area (Å²) in [7, 11) is 0. The van der Waals surface area contributed by atoms with Crippen LogP contribution in [0.4, 0.5) is 18.9 Å². The Hall–Kier alpha value is -3.29. The van der Waals surface area contributed by atoms with Crippen LogP contribution in [0, 0.1) is 6.92 Å². The molecule has 0 aliphatic carbocycles. The molecule has 5 nitrogen and oxygen atoms in total.